The number of hydrogen-bond donors (Lipinski definition) is 0. The van der Waals surface area contributed by atoms with Gasteiger partial charge >= 0.3 is 5.97 Å². The summed E-state index contributed by atoms with van der Waals surface area (Å²) in [5, 5.41) is 0. The molecule has 2 fully saturated rings. The second kappa shape index (κ2) is 5.73. The minimum atomic E-state index is -1.39. The van der Waals surface area contributed by atoms with Crippen LogP contribution in [0.3, 0.4) is 0 Å². The van der Waals surface area contributed by atoms with Crippen molar-refractivity contribution in [3.05, 3.63) is 11.6 Å². The quantitative estimate of drug-likeness (QED) is 0.419. The van der Waals surface area contributed by atoms with Gasteiger partial charge in [-0.1, -0.05) is 6.08 Å². The Morgan fingerprint density at radius 2 is 1.86 bits per heavy atom. The maximum atomic E-state index is 12.8. The van der Waals surface area contributed by atoms with E-state index in [-0.39, 0.29) is 5.78 Å². The van der Waals surface area contributed by atoms with Crippen LogP contribution in [0.1, 0.15) is 6.42 Å². The van der Waals surface area contributed by atoms with Gasteiger partial charge in [-0.05, 0) is 12.0 Å². The van der Waals surface area contributed by atoms with E-state index in [1.54, 1.807) is 6.08 Å². The maximum absolute atomic E-state index is 12.8. The van der Waals surface area contributed by atoms with E-state index in [1.165, 1.54) is 21.3 Å². The minimum absolute atomic E-state index is 0.258. The molecule has 0 radical (unpaired) electrons. The molecule has 0 aromatic rings. The summed E-state index contributed by atoms with van der Waals surface area (Å²) in [7, 11) is 4.19. The fraction of sp³-hybridized carbons (Fsp3) is 0.733. The van der Waals surface area contributed by atoms with Crippen molar-refractivity contribution in [1.82, 2.24) is 0 Å². The van der Waals surface area contributed by atoms with Gasteiger partial charge in [0.05, 0.1) is 32.2 Å². The molecule has 4 rings (SSSR count). The summed E-state index contributed by atoms with van der Waals surface area (Å²) < 4.78 is 26.8. The first-order valence-electron chi connectivity index (χ1n) is 7.26. The molecule has 7 heteroatoms. The lowest BCUT2D eigenvalue weighted by Crippen LogP contribution is -2.62. The van der Waals surface area contributed by atoms with E-state index in [0.29, 0.717) is 19.6 Å². The molecule has 1 aliphatic heterocycles. The SMILES string of the molecule is COC(=O)[C@H]1C[C@H]2C(C3OCCO3)=C[C@@H]1C(=O)C2(OC)OC. The minimum Gasteiger partial charge on any atom is -0.469 e. The second-order valence-electron chi connectivity index (χ2n) is 5.62. The molecular formula is C15H20O7. The number of esters is 1. The van der Waals surface area contributed by atoms with Crippen molar-refractivity contribution >= 4 is 11.8 Å². The number of allylic oxidation sites excluding steroid dienone is 1. The molecule has 1 heterocycles. The number of ether oxygens (including phenoxy) is 5. The first kappa shape index (κ1) is 15.6. The smallest absolute Gasteiger partial charge is 0.309 e. The van der Waals surface area contributed by atoms with Crippen molar-refractivity contribution in [3.63, 3.8) is 0 Å². The topological polar surface area (TPSA) is 80.3 Å². The first-order chi connectivity index (χ1) is 10.6. The van der Waals surface area contributed by atoms with Crippen LogP contribution < -0.4 is 0 Å². The zero-order chi connectivity index (χ0) is 15.9. The predicted octanol–water partition coefficient (Wildman–Crippen LogP) is 0.283. The second-order valence-corrected chi connectivity index (χ2v) is 5.62. The first-order valence-corrected chi connectivity index (χ1v) is 7.26. The zero-order valence-corrected chi connectivity index (χ0v) is 12.9. The van der Waals surface area contributed by atoms with Crippen LogP contribution >= 0.6 is 0 Å². The average molecular weight is 312 g/mol. The van der Waals surface area contributed by atoms with Gasteiger partial charge in [0.1, 0.15) is 0 Å². The van der Waals surface area contributed by atoms with Crippen molar-refractivity contribution in [2.24, 2.45) is 17.8 Å². The highest BCUT2D eigenvalue weighted by Gasteiger charge is 2.62. The lowest BCUT2D eigenvalue weighted by molar-refractivity contribution is -0.246. The number of carbonyl (C=O) groups is 2. The van der Waals surface area contributed by atoms with E-state index in [0.717, 1.165) is 5.57 Å². The van der Waals surface area contributed by atoms with Gasteiger partial charge in [0, 0.05) is 20.1 Å². The van der Waals surface area contributed by atoms with Crippen LogP contribution in [0.2, 0.25) is 0 Å². The number of carbonyl (C=O) groups excluding carboxylic acids is 2. The standard InChI is InChI=1S/C15H20O7/c1-18-13(17)9-7-11-10(14-21-4-5-22-14)6-8(9)12(16)15(11,19-2)20-3/h6,8-9,11,14H,4-5,7H2,1-3H3/t8-,9-,11-/m0/s1. The Hall–Kier alpha value is -1.28. The van der Waals surface area contributed by atoms with E-state index in [1.807, 2.05) is 0 Å². The highest BCUT2D eigenvalue weighted by molar-refractivity contribution is 5.96. The summed E-state index contributed by atoms with van der Waals surface area (Å²) in [5.41, 5.74) is 0.811. The summed E-state index contributed by atoms with van der Waals surface area (Å²) in [6.45, 7) is 1.00. The van der Waals surface area contributed by atoms with Crippen LogP contribution in [-0.4, -0.2) is 58.4 Å². The average Bonchev–Trinajstić information content (AvgIpc) is 3.09. The van der Waals surface area contributed by atoms with Gasteiger partial charge < -0.3 is 23.7 Å². The van der Waals surface area contributed by atoms with E-state index in [4.69, 9.17) is 23.7 Å². The van der Waals surface area contributed by atoms with Gasteiger partial charge in [0.2, 0.25) is 5.79 Å². The van der Waals surface area contributed by atoms with E-state index in [2.05, 4.69) is 0 Å². The normalized spacial score (nSPS) is 33.9. The molecule has 3 aliphatic carbocycles. The lowest BCUT2D eigenvalue weighted by Gasteiger charge is -2.50. The lowest BCUT2D eigenvalue weighted by atomic mass is 9.61. The molecule has 122 valence electrons. The number of fused-ring (bicyclic) bond motifs is 2. The van der Waals surface area contributed by atoms with Gasteiger partial charge in [-0.15, -0.1) is 0 Å². The molecular weight excluding hydrogens is 292 g/mol. The molecule has 1 saturated carbocycles. The molecule has 22 heavy (non-hydrogen) atoms. The molecule has 0 N–H and O–H groups in total. The number of methoxy groups -OCH3 is 3. The Morgan fingerprint density at radius 1 is 1.23 bits per heavy atom. The maximum Gasteiger partial charge on any atom is 0.309 e. The summed E-state index contributed by atoms with van der Waals surface area (Å²) in [5.74, 6) is -3.66. The third-order valence-corrected chi connectivity index (χ3v) is 4.81. The van der Waals surface area contributed by atoms with Crippen LogP contribution in [0.4, 0.5) is 0 Å². The third kappa shape index (κ3) is 2.04. The monoisotopic (exact) mass is 312 g/mol. The van der Waals surface area contributed by atoms with E-state index < -0.39 is 35.8 Å². The predicted molar refractivity (Wildman–Crippen MR) is 72.6 cm³/mol. The molecule has 3 atom stereocenters. The van der Waals surface area contributed by atoms with Gasteiger partial charge in [-0.3, -0.25) is 9.59 Å². The molecule has 0 unspecified atom stereocenters. The Labute approximate surface area is 128 Å². The van der Waals surface area contributed by atoms with Crippen molar-refractivity contribution in [2.45, 2.75) is 18.5 Å². The number of rotatable bonds is 4. The number of hydrogen-bond acceptors (Lipinski definition) is 7. The Bertz CT molecular complexity index is 502. The van der Waals surface area contributed by atoms with Crippen LogP contribution in [0, 0.1) is 17.8 Å². The number of ketones is 1. The van der Waals surface area contributed by atoms with Crippen molar-refractivity contribution in [1.29, 1.82) is 0 Å². The fourth-order valence-electron chi connectivity index (χ4n) is 3.77. The fourth-order valence-corrected chi connectivity index (χ4v) is 3.77. The summed E-state index contributed by atoms with van der Waals surface area (Å²) in [6, 6.07) is 0. The summed E-state index contributed by atoms with van der Waals surface area (Å²) in [4.78, 5) is 24.7. The zero-order valence-electron chi connectivity index (χ0n) is 12.9. The van der Waals surface area contributed by atoms with Crippen LogP contribution in [0.5, 0.6) is 0 Å². The van der Waals surface area contributed by atoms with E-state index >= 15 is 0 Å². The largest absolute Gasteiger partial charge is 0.469 e. The summed E-state index contributed by atoms with van der Waals surface area (Å²) >= 11 is 0. The molecule has 7 nitrogen and oxygen atoms in total. The van der Waals surface area contributed by atoms with Crippen molar-refractivity contribution in [3.8, 4) is 0 Å². The van der Waals surface area contributed by atoms with Crippen LogP contribution in [0.15, 0.2) is 11.6 Å². The highest BCUT2D eigenvalue weighted by Crippen LogP contribution is 2.51. The van der Waals surface area contributed by atoms with Gasteiger partial charge in [0.25, 0.3) is 0 Å². The molecule has 0 aromatic heterocycles. The van der Waals surface area contributed by atoms with Crippen molar-refractivity contribution in [2.75, 3.05) is 34.5 Å². The van der Waals surface area contributed by atoms with Gasteiger partial charge in [0.15, 0.2) is 12.1 Å². The Balaban J connectivity index is 2.02. The van der Waals surface area contributed by atoms with E-state index in [9.17, 15) is 9.59 Å². The van der Waals surface area contributed by atoms with Crippen LogP contribution in [0.25, 0.3) is 0 Å². The third-order valence-electron chi connectivity index (χ3n) is 4.81. The summed E-state index contributed by atoms with van der Waals surface area (Å²) in [6.07, 6.45) is 1.66. The van der Waals surface area contributed by atoms with Crippen molar-refractivity contribution < 1.29 is 33.3 Å². The molecule has 4 aliphatic rings. The Kier molecular flexibility index (Phi) is 4.07. The molecule has 1 saturated heterocycles. The molecule has 0 aromatic carbocycles. The Morgan fingerprint density at radius 3 is 2.41 bits per heavy atom. The molecule has 0 spiro atoms. The van der Waals surface area contributed by atoms with Gasteiger partial charge in [-0.2, -0.15) is 0 Å². The van der Waals surface area contributed by atoms with Crippen LogP contribution in [-0.2, 0) is 33.3 Å². The molecule has 0 amide bonds. The van der Waals surface area contributed by atoms with Gasteiger partial charge in [-0.25, -0.2) is 0 Å². The highest BCUT2D eigenvalue weighted by atomic mass is 16.7. The molecule has 2 bridgehead atoms. The number of Topliss-reactive ketones (excluding diaryl/α,β-unsaturated/α-hetero) is 1.